The Morgan fingerprint density at radius 2 is 1.80 bits per heavy atom. The van der Waals surface area contributed by atoms with Crippen molar-refractivity contribution in [3.05, 3.63) is 58.1 Å². The molecule has 8 heteroatoms. The van der Waals surface area contributed by atoms with Gasteiger partial charge in [-0.05, 0) is 36.2 Å². The first kappa shape index (κ1) is 21.4. The molecular weight excluding hydrogens is 418 g/mol. The summed E-state index contributed by atoms with van der Waals surface area (Å²) in [6.45, 7) is 12.5. The minimum atomic E-state index is 0.219. The molecule has 3 heterocycles. The van der Waals surface area contributed by atoms with Gasteiger partial charge in [0, 0.05) is 68.1 Å². The van der Waals surface area contributed by atoms with Crippen LogP contribution in [0.25, 0.3) is 0 Å². The molecule has 0 bridgehead atoms. The van der Waals surface area contributed by atoms with Crippen LogP contribution in [-0.4, -0.2) is 82.6 Å². The minimum absolute atomic E-state index is 0.219. The Bertz CT molecular complexity index is 864. The standard InChI is InChI=1S/C22H28ClN5OS/c1-16(2)11-26-7-9-28(10-8-26)22(29)14-27-12-19(17-3-5-18(23)6-4-17)20(13-27)21-15-30-25-24-21/h3-6,15,19-20H,1,7-14H2,2H3/t19-,20+/m0/s1. The summed E-state index contributed by atoms with van der Waals surface area (Å²) in [5, 5.41) is 7.10. The van der Waals surface area contributed by atoms with Gasteiger partial charge in [0.1, 0.15) is 0 Å². The van der Waals surface area contributed by atoms with E-state index in [1.807, 2.05) is 22.4 Å². The molecule has 2 aromatic rings. The maximum absolute atomic E-state index is 13.0. The topological polar surface area (TPSA) is 52.6 Å². The van der Waals surface area contributed by atoms with Gasteiger partial charge in [0.25, 0.3) is 0 Å². The quantitative estimate of drug-likeness (QED) is 0.639. The second-order valence-electron chi connectivity index (χ2n) is 8.40. The summed E-state index contributed by atoms with van der Waals surface area (Å²) in [5.41, 5.74) is 3.42. The van der Waals surface area contributed by atoms with Crippen molar-refractivity contribution in [3.8, 4) is 0 Å². The highest BCUT2D eigenvalue weighted by molar-refractivity contribution is 7.03. The van der Waals surface area contributed by atoms with E-state index in [0.717, 1.165) is 56.5 Å². The van der Waals surface area contributed by atoms with Gasteiger partial charge in [0.2, 0.25) is 5.91 Å². The Hall–Kier alpha value is -1.80. The van der Waals surface area contributed by atoms with Gasteiger partial charge in [-0.1, -0.05) is 40.4 Å². The summed E-state index contributed by atoms with van der Waals surface area (Å²) in [4.78, 5) is 19.6. The molecule has 2 fully saturated rings. The summed E-state index contributed by atoms with van der Waals surface area (Å²) in [7, 11) is 0. The molecule has 2 aliphatic rings. The van der Waals surface area contributed by atoms with Crippen LogP contribution in [0.4, 0.5) is 0 Å². The molecule has 0 saturated carbocycles. The molecule has 0 spiro atoms. The molecule has 0 radical (unpaired) electrons. The highest BCUT2D eigenvalue weighted by atomic mass is 35.5. The van der Waals surface area contributed by atoms with Crippen LogP contribution in [-0.2, 0) is 4.79 Å². The number of carbonyl (C=O) groups excluding carboxylic acids is 1. The second kappa shape index (κ2) is 9.56. The van der Waals surface area contributed by atoms with E-state index in [-0.39, 0.29) is 17.7 Å². The van der Waals surface area contributed by atoms with Gasteiger partial charge < -0.3 is 4.90 Å². The number of hydrogen-bond donors (Lipinski definition) is 0. The van der Waals surface area contributed by atoms with E-state index >= 15 is 0 Å². The van der Waals surface area contributed by atoms with Crippen LogP contribution in [0.5, 0.6) is 0 Å². The lowest BCUT2D eigenvalue weighted by Gasteiger charge is -2.35. The molecule has 0 N–H and O–H groups in total. The van der Waals surface area contributed by atoms with Crippen molar-refractivity contribution in [3.63, 3.8) is 0 Å². The lowest BCUT2D eigenvalue weighted by atomic mass is 9.87. The molecule has 160 valence electrons. The number of amides is 1. The Labute approximate surface area is 187 Å². The zero-order valence-corrected chi connectivity index (χ0v) is 18.9. The van der Waals surface area contributed by atoms with Gasteiger partial charge in [-0.15, -0.1) is 5.10 Å². The number of nitrogens with zero attached hydrogens (tertiary/aromatic N) is 5. The van der Waals surface area contributed by atoms with Crippen LogP contribution >= 0.6 is 23.1 Å². The Morgan fingerprint density at radius 1 is 1.10 bits per heavy atom. The van der Waals surface area contributed by atoms with Crippen LogP contribution in [0.3, 0.4) is 0 Å². The normalized spacial score (nSPS) is 23.1. The fraction of sp³-hybridized carbons (Fsp3) is 0.500. The van der Waals surface area contributed by atoms with Gasteiger partial charge in [0.15, 0.2) is 0 Å². The van der Waals surface area contributed by atoms with E-state index in [1.165, 1.54) is 22.7 Å². The van der Waals surface area contributed by atoms with Crippen molar-refractivity contribution in [2.24, 2.45) is 0 Å². The summed E-state index contributed by atoms with van der Waals surface area (Å²) in [5.74, 6) is 0.744. The monoisotopic (exact) mass is 445 g/mol. The summed E-state index contributed by atoms with van der Waals surface area (Å²) >= 11 is 7.47. The van der Waals surface area contributed by atoms with Crippen LogP contribution < -0.4 is 0 Å². The second-order valence-corrected chi connectivity index (χ2v) is 9.45. The number of likely N-dealkylation sites (tertiary alicyclic amines) is 1. The maximum atomic E-state index is 13.0. The molecule has 4 rings (SSSR count). The number of carbonyl (C=O) groups is 1. The van der Waals surface area contributed by atoms with Gasteiger partial charge in [-0.3, -0.25) is 14.6 Å². The van der Waals surface area contributed by atoms with E-state index in [1.54, 1.807) is 0 Å². The van der Waals surface area contributed by atoms with E-state index in [0.29, 0.717) is 6.54 Å². The molecule has 0 aliphatic carbocycles. The number of aromatic nitrogens is 2. The van der Waals surface area contributed by atoms with Crippen molar-refractivity contribution >= 4 is 29.0 Å². The van der Waals surface area contributed by atoms with Gasteiger partial charge in [0.05, 0.1) is 12.2 Å². The SMILES string of the molecule is C=C(C)CN1CCN(C(=O)CN2C[C@@H](c3ccc(Cl)cc3)[C@H](c3csnn3)C2)CC1. The first-order valence-electron chi connectivity index (χ1n) is 10.4. The lowest BCUT2D eigenvalue weighted by Crippen LogP contribution is -2.51. The zero-order valence-electron chi connectivity index (χ0n) is 17.3. The average molecular weight is 446 g/mol. The van der Waals surface area contributed by atoms with Crippen LogP contribution in [0, 0.1) is 0 Å². The van der Waals surface area contributed by atoms with E-state index in [9.17, 15) is 4.79 Å². The summed E-state index contributed by atoms with van der Waals surface area (Å²) in [6, 6.07) is 8.05. The van der Waals surface area contributed by atoms with Gasteiger partial charge >= 0.3 is 0 Å². The van der Waals surface area contributed by atoms with Crippen molar-refractivity contribution < 1.29 is 4.79 Å². The molecule has 2 aliphatic heterocycles. The predicted molar refractivity (Wildman–Crippen MR) is 121 cm³/mol. The highest BCUT2D eigenvalue weighted by Gasteiger charge is 2.37. The molecule has 2 saturated heterocycles. The fourth-order valence-electron chi connectivity index (χ4n) is 4.52. The van der Waals surface area contributed by atoms with Crippen molar-refractivity contribution in [2.75, 3.05) is 52.4 Å². The molecule has 0 unspecified atom stereocenters. The fourth-order valence-corrected chi connectivity index (χ4v) is 5.17. The van der Waals surface area contributed by atoms with E-state index in [2.05, 4.69) is 45.0 Å². The average Bonchev–Trinajstić information content (AvgIpc) is 3.38. The third kappa shape index (κ3) is 5.09. The zero-order chi connectivity index (χ0) is 21.1. The van der Waals surface area contributed by atoms with E-state index < -0.39 is 0 Å². The summed E-state index contributed by atoms with van der Waals surface area (Å²) in [6.07, 6.45) is 0. The van der Waals surface area contributed by atoms with Crippen molar-refractivity contribution in [1.29, 1.82) is 0 Å². The molecule has 2 atom stereocenters. The van der Waals surface area contributed by atoms with Gasteiger partial charge in [-0.2, -0.15) is 0 Å². The molecule has 1 amide bonds. The number of piperazine rings is 1. The minimum Gasteiger partial charge on any atom is -0.339 e. The third-order valence-electron chi connectivity index (χ3n) is 6.03. The number of halogens is 1. The van der Waals surface area contributed by atoms with E-state index in [4.69, 9.17) is 11.6 Å². The van der Waals surface area contributed by atoms with Crippen molar-refractivity contribution in [1.82, 2.24) is 24.3 Å². The highest BCUT2D eigenvalue weighted by Crippen LogP contribution is 2.39. The maximum Gasteiger partial charge on any atom is 0.236 e. The Morgan fingerprint density at radius 3 is 2.43 bits per heavy atom. The molecule has 1 aromatic heterocycles. The first-order chi connectivity index (χ1) is 14.5. The van der Waals surface area contributed by atoms with Crippen LogP contribution in [0.2, 0.25) is 5.02 Å². The smallest absolute Gasteiger partial charge is 0.236 e. The Kier molecular flexibility index (Phi) is 6.83. The number of hydrogen-bond acceptors (Lipinski definition) is 6. The largest absolute Gasteiger partial charge is 0.339 e. The first-order valence-corrected chi connectivity index (χ1v) is 11.6. The molecular formula is C22H28ClN5OS. The summed E-state index contributed by atoms with van der Waals surface area (Å²) < 4.78 is 4.06. The predicted octanol–water partition coefficient (Wildman–Crippen LogP) is 3.09. The molecule has 30 heavy (non-hydrogen) atoms. The number of rotatable bonds is 6. The number of benzene rings is 1. The van der Waals surface area contributed by atoms with Gasteiger partial charge in [-0.25, -0.2) is 0 Å². The molecule has 1 aromatic carbocycles. The third-order valence-corrected chi connectivity index (χ3v) is 6.80. The Balaban J connectivity index is 1.39. The van der Waals surface area contributed by atoms with Crippen LogP contribution in [0.15, 0.2) is 41.8 Å². The van der Waals surface area contributed by atoms with Crippen LogP contribution in [0.1, 0.15) is 30.0 Å². The molecule has 6 nitrogen and oxygen atoms in total. The lowest BCUT2D eigenvalue weighted by molar-refractivity contribution is -0.133. The van der Waals surface area contributed by atoms with Crippen molar-refractivity contribution in [2.45, 2.75) is 18.8 Å².